The molecule has 0 unspecified atom stereocenters. The predicted molar refractivity (Wildman–Crippen MR) is 123 cm³/mol. The standard InChI is InChI=1S/C26H25FN2O4/c1-2-33-26(31)20-10-8-19(9-11-20)23-18-21(12-13-24(23)27)25(30)29(22-6-4-3-5-7-22)28-14-16-32-17-15-28/h3-13,18H,2,14-17H2,1H3. The van der Waals surface area contributed by atoms with Gasteiger partial charge in [0.1, 0.15) is 5.82 Å². The molecule has 0 N–H and O–H groups in total. The summed E-state index contributed by atoms with van der Waals surface area (Å²) in [6, 6.07) is 20.2. The molecule has 6 nitrogen and oxygen atoms in total. The maximum Gasteiger partial charge on any atom is 0.338 e. The van der Waals surface area contributed by atoms with Crippen molar-refractivity contribution in [2.75, 3.05) is 37.9 Å². The lowest BCUT2D eigenvalue weighted by Gasteiger charge is -2.37. The van der Waals surface area contributed by atoms with E-state index in [0.717, 1.165) is 5.69 Å². The van der Waals surface area contributed by atoms with Crippen molar-refractivity contribution in [1.82, 2.24) is 5.01 Å². The van der Waals surface area contributed by atoms with E-state index >= 15 is 0 Å². The molecule has 0 atom stereocenters. The highest BCUT2D eigenvalue weighted by molar-refractivity contribution is 6.06. The summed E-state index contributed by atoms with van der Waals surface area (Å²) in [5.41, 5.74) is 2.32. The van der Waals surface area contributed by atoms with Gasteiger partial charge in [-0.1, -0.05) is 30.3 Å². The number of carbonyl (C=O) groups excluding carboxylic acids is 2. The molecule has 4 rings (SSSR count). The molecular weight excluding hydrogens is 423 g/mol. The van der Waals surface area contributed by atoms with Gasteiger partial charge in [-0.05, 0) is 55.0 Å². The average Bonchev–Trinajstić information content (AvgIpc) is 2.86. The zero-order chi connectivity index (χ0) is 23.2. The Morgan fingerprint density at radius 1 is 0.970 bits per heavy atom. The number of anilines is 1. The summed E-state index contributed by atoms with van der Waals surface area (Å²) in [6.45, 7) is 4.21. The summed E-state index contributed by atoms with van der Waals surface area (Å²) in [5.74, 6) is -1.14. The molecule has 1 aliphatic heterocycles. The Morgan fingerprint density at radius 3 is 2.30 bits per heavy atom. The van der Waals surface area contributed by atoms with Crippen LogP contribution in [0.2, 0.25) is 0 Å². The van der Waals surface area contributed by atoms with Gasteiger partial charge in [0.2, 0.25) is 0 Å². The van der Waals surface area contributed by atoms with E-state index in [4.69, 9.17) is 9.47 Å². The number of para-hydroxylation sites is 1. The highest BCUT2D eigenvalue weighted by Gasteiger charge is 2.27. The number of benzene rings is 3. The Kier molecular flexibility index (Phi) is 7.12. The molecule has 1 aliphatic rings. The van der Waals surface area contributed by atoms with Gasteiger partial charge in [-0.15, -0.1) is 0 Å². The number of esters is 1. The van der Waals surface area contributed by atoms with Crippen LogP contribution in [0, 0.1) is 5.82 Å². The highest BCUT2D eigenvalue weighted by Crippen LogP contribution is 2.27. The Labute approximate surface area is 192 Å². The molecule has 3 aromatic rings. The second-order valence-electron chi connectivity index (χ2n) is 7.51. The second-order valence-corrected chi connectivity index (χ2v) is 7.51. The molecule has 1 fully saturated rings. The predicted octanol–water partition coefficient (Wildman–Crippen LogP) is 4.56. The maximum absolute atomic E-state index is 14.7. The van der Waals surface area contributed by atoms with Crippen LogP contribution >= 0.6 is 0 Å². The van der Waals surface area contributed by atoms with E-state index in [2.05, 4.69) is 0 Å². The summed E-state index contributed by atoms with van der Waals surface area (Å²) in [7, 11) is 0. The van der Waals surface area contributed by atoms with Crippen molar-refractivity contribution in [3.8, 4) is 11.1 Å². The van der Waals surface area contributed by atoms with Gasteiger partial charge < -0.3 is 9.47 Å². The summed E-state index contributed by atoms with van der Waals surface area (Å²) in [4.78, 5) is 25.5. The summed E-state index contributed by atoms with van der Waals surface area (Å²) >= 11 is 0. The summed E-state index contributed by atoms with van der Waals surface area (Å²) in [5, 5.41) is 3.57. The van der Waals surface area contributed by atoms with Gasteiger partial charge in [0.25, 0.3) is 5.91 Å². The third-order valence-corrected chi connectivity index (χ3v) is 5.38. The normalized spacial score (nSPS) is 14.0. The lowest BCUT2D eigenvalue weighted by molar-refractivity contribution is 0.0300. The van der Waals surface area contributed by atoms with E-state index < -0.39 is 11.8 Å². The van der Waals surface area contributed by atoms with Crippen LogP contribution in [-0.2, 0) is 9.47 Å². The van der Waals surface area contributed by atoms with E-state index in [0.29, 0.717) is 43.0 Å². The number of hydrazine groups is 1. The van der Waals surface area contributed by atoms with Gasteiger partial charge >= 0.3 is 5.97 Å². The van der Waals surface area contributed by atoms with Crippen LogP contribution in [0.4, 0.5) is 10.1 Å². The fourth-order valence-corrected chi connectivity index (χ4v) is 3.73. The van der Waals surface area contributed by atoms with Gasteiger partial charge in [0, 0.05) is 24.2 Å². The zero-order valence-electron chi connectivity index (χ0n) is 18.4. The average molecular weight is 448 g/mol. The molecule has 170 valence electrons. The van der Waals surface area contributed by atoms with Gasteiger partial charge in [-0.25, -0.2) is 19.2 Å². The topological polar surface area (TPSA) is 59.1 Å². The molecule has 0 aliphatic carbocycles. The number of carbonyl (C=O) groups is 2. The maximum atomic E-state index is 14.7. The lowest BCUT2D eigenvalue weighted by Crippen LogP contribution is -2.52. The van der Waals surface area contributed by atoms with Crippen molar-refractivity contribution >= 4 is 17.6 Å². The summed E-state index contributed by atoms with van der Waals surface area (Å²) in [6.07, 6.45) is 0. The molecule has 3 aromatic carbocycles. The molecule has 0 aromatic heterocycles. The van der Waals surface area contributed by atoms with Crippen molar-refractivity contribution in [2.24, 2.45) is 0 Å². The number of morpholine rings is 1. The van der Waals surface area contributed by atoms with Crippen molar-refractivity contribution < 1.29 is 23.5 Å². The van der Waals surface area contributed by atoms with Crippen LogP contribution < -0.4 is 5.01 Å². The molecular formula is C26H25FN2O4. The smallest absolute Gasteiger partial charge is 0.338 e. The molecule has 0 radical (unpaired) electrons. The number of nitrogens with zero attached hydrogens (tertiary/aromatic N) is 2. The number of amides is 1. The minimum atomic E-state index is -0.451. The first-order valence-electron chi connectivity index (χ1n) is 10.9. The third kappa shape index (κ3) is 5.10. The van der Waals surface area contributed by atoms with Crippen LogP contribution in [0.25, 0.3) is 11.1 Å². The number of hydrogen-bond acceptors (Lipinski definition) is 5. The van der Waals surface area contributed by atoms with Crippen LogP contribution in [0.15, 0.2) is 72.8 Å². The SMILES string of the molecule is CCOC(=O)c1ccc(-c2cc(C(=O)N(c3ccccc3)N3CCOCC3)ccc2F)cc1. The molecule has 1 saturated heterocycles. The Bertz CT molecular complexity index is 1110. The number of halogens is 1. The van der Waals surface area contributed by atoms with Gasteiger partial charge in [-0.3, -0.25) is 4.79 Å². The fourth-order valence-electron chi connectivity index (χ4n) is 3.73. The minimum Gasteiger partial charge on any atom is -0.462 e. The van der Waals surface area contributed by atoms with E-state index in [1.54, 1.807) is 42.3 Å². The van der Waals surface area contributed by atoms with Crippen molar-refractivity contribution in [3.05, 3.63) is 89.7 Å². The van der Waals surface area contributed by atoms with Gasteiger partial charge in [-0.2, -0.15) is 0 Å². The third-order valence-electron chi connectivity index (χ3n) is 5.38. The number of rotatable bonds is 6. The van der Waals surface area contributed by atoms with E-state index in [1.165, 1.54) is 12.1 Å². The lowest BCUT2D eigenvalue weighted by atomic mass is 10.0. The second kappa shape index (κ2) is 10.4. The molecule has 7 heteroatoms. The number of hydrogen-bond donors (Lipinski definition) is 0. The molecule has 1 heterocycles. The van der Waals surface area contributed by atoms with Crippen molar-refractivity contribution in [2.45, 2.75) is 6.92 Å². The Balaban J connectivity index is 1.66. The monoisotopic (exact) mass is 448 g/mol. The fraction of sp³-hybridized carbons (Fsp3) is 0.231. The zero-order valence-corrected chi connectivity index (χ0v) is 18.4. The first kappa shape index (κ1) is 22.6. The van der Waals surface area contributed by atoms with Crippen LogP contribution in [0.3, 0.4) is 0 Å². The largest absolute Gasteiger partial charge is 0.462 e. The Hall–Kier alpha value is -3.55. The van der Waals surface area contributed by atoms with Gasteiger partial charge in [0.05, 0.1) is 31.1 Å². The molecule has 0 saturated carbocycles. The van der Waals surface area contributed by atoms with E-state index in [1.807, 2.05) is 35.3 Å². The molecule has 0 spiro atoms. The number of ether oxygens (including phenoxy) is 2. The first-order chi connectivity index (χ1) is 16.1. The molecule has 1 amide bonds. The van der Waals surface area contributed by atoms with Crippen molar-refractivity contribution in [1.29, 1.82) is 0 Å². The molecule has 0 bridgehead atoms. The quantitative estimate of drug-likeness (QED) is 0.518. The minimum absolute atomic E-state index is 0.257. The first-order valence-corrected chi connectivity index (χ1v) is 10.9. The van der Waals surface area contributed by atoms with Crippen LogP contribution in [0.5, 0.6) is 0 Å². The Morgan fingerprint density at radius 2 is 1.64 bits per heavy atom. The van der Waals surface area contributed by atoms with Crippen LogP contribution in [0.1, 0.15) is 27.6 Å². The molecule has 33 heavy (non-hydrogen) atoms. The van der Waals surface area contributed by atoms with Gasteiger partial charge in [0.15, 0.2) is 0 Å². The van der Waals surface area contributed by atoms with Crippen molar-refractivity contribution in [3.63, 3.8) is 0 Å². The van der Waals surface area contributed by atoms with E-state index in [9.17, 15) is 14.0 Å². The van der Waals surface area contributed by atoms with E-state index in [-0.39, 0.29) is 18.1 Å². The summed E-state index contributed by atoms with van der Waals surface area (Å²) < 4.78 is 25.2. The van der Waals surface area contributed by atoms with Crippen LogP contribution in [-0.4, -0.2) is 49.8 Å². The highest BCUT2D eigenvalue weighted by atomic mass is 19.1.